The third kappa shape index (κ3) is 2.94. The number of alkyl halides is 3. The van der Waals surface area contributed by atoms with Crippen LogP contribution < -0.4 is 5.73 Å². The molecule has 0 aliphatic carbocycles. The van der Waals surface area contributed by atoms with Crippen molar-refractivity contribution >= 4 is 27.2 Å². The molecule has 1 heterocycles. The molecular weight excluding hydrogens is 289 g/mol. The summed E-state index contributed by atoms with van der Waals surface area (Å²) < 4.78 is 63.1. The van der Waals surface area contributed by atoms with Crippen LogP contribution in [0.3, 0.4) is 0 Å². The first kappa shape index (κ1) is 15.6. The van der Waals surface area contributed by atoms with Gasteiger partial charge >= 0.3 is 6.18 Å². The molecule has 1 fully saturated rings. The van der Waals surface area contributed by atoms with Crippen molar-refractivity contribution in [2.45, 2.75) is 32.0 Å². The van der Waals surface area contributed by atoms with Crippen molar-refractivity contribution in [1.82, 2.24) is 4.31 Å². The number of hydrogen-bond donors (Lipinski definition) is 1. The van der Waals surface area contributed by atoms with E-state index in [1.54, 1.807) is 0 Å². The molecule has 0 aromatic rings. The van der Waals surface area contributed by atoms with E-state index in [9.17, 15) is 21.6 Å². The van der Waals surface area contributed by atoms with Crippen molar-refractivity contribution in [2.24, 2.45) is 11.7 Å². The lowest BCUT2D eigenvalue weighted by Gasteiger charge is -2.35. The lowest BCUT2D eigenvalue weighted by atomic mass is 9.89. The van der Waals surface area contributed by atoms with Gasteiger partial charge in [0.15, 0.2) is 0 Å². The molecule has 18 heavy (non-hydrogen) atoms. The summed E-state index contributed by atoms with van der Waals surface area (Å²) in [5.41, 5.74) is 3.65. The third-order valence-electron chi connectivity index (χ3n) is 3.17. The van der Waals surface area contributed by atoms with E-state index in [4.69, 9.17) is 5.73 Å². The fourth-order valence-corrected chi connectivity index (χ4v) is 4.57. The van der Waals surface area contributed by atoms with Crippen LogP contribution in [-0.2, 0) is 10.0 Å². The van der Waals surface area contributed by atoms with E-state index in [0.29, 0.717) is 0 Å². The van der Waals surface area contributed by atoms with E-state index in [2.05, 4.69) is 12.2 Å². The highest BCUT2D eigenvalue weighted by molar-refractivity contribution is 7.92. The van der Waals surface area contributed by atoms with Gasteiger partial charge in [-0.15, -0.1) is 0 Å². The maximum atomic E-state index is 12.8. The molecule has 0 saturated carbocycles. The van der Waals surface area contributed by atoms with Crippen molar-refractivity contribution in [3.8, 4) is 0 Å². The van der Waals surface area contributed by atoms with E-state index in [0.717, 1.165) is 4.31 Å². The van der Waals surface area contributed by atoms with Gasteiger partial charge in [-0.05, 0) is 20.3 Å². The van der Waals surface area contributed by atoms with Crippen molar-refractivity contribution in [1.29, 1.82) is 0 Å². The number of nitrogens with zero attached hydrogens (tertiary/aromatic N) is 1. The Bertz CT molecular complexity index is 445. The zero-order chi connectivity index (χ0) is 14.4. The molecule has 1 rings (SSSR count). The number of sulfonamides is 1. The van der Waals surface area contributed by atoms with Gasteiger partial charge in [0.2, 0.25) is 10.0 Å². The molecule has 1 atom stereocenters. The molecule has 1 saturated heterocycles. The van der Waals surface area contributed by atoms with Gasteiger partial charge in [0.1, 0.15) is 5.75 Å². The van der Waals surface area contributed by atoms with Gasteiger partial charge in [-0.3, -0.25) is 0 Å². The second kappa shape index (κ2) is 4.61. The second-order valence-corrected chi connectivity index (χ2v) is 7.25. The van der Waals surface area contributed by atoms with Crippen molar-refractivity contribution < 1.29 is 21.6 Å². The molecule has 0 radical (unpaired) electrons. The number of hydrogen-bond acceptors (Lipinski definition) is 3. The smallest absolute Gasteiger partial charge is 0.392 e. The van der Waals surface area contributed by atoms with Gasteiger partial charge in [0, 0.05) is 12.1 Å². The Hall–Kier alpha value is -0.410. The maximum absolute atomic E-state index is 12.8. The van der Waals surface area contributed by atoms with E-state index in [-0.39, 0.29) is 18.0 Å². The average Bonchev–Trinajstić information content (AvgIpc) is 2.37. The molecule has 1 aliphatic heterocycles. The van der Waals surface area contributed by atoms with E-state index in [1.807, 2.05) is 0 Å². The Kier molecular flexibility index (Phi) is 4.00. The maximum Gasteiger partial charge on any atom is 0.393 e. The molecule has 0 aromatic carbocycles. The topological polar surface area (TPSA) is 63.4 Å². The summed E-state index contributed by atoms with van der Waals surface area (Å²) in [6.45, 7) is 2.38. The Morgan fingerprint density at radius 2 is 2.00 bits per heavy atom. The van der Waals surface area contributed by atoms with Gasteiger partial charge < -0.3 is 5.73 Å². The van der Waals surface area contributed by atoms with Gasteiger partial charge in [0.25, 0.3) is 0 Å². The summed E-state index contributed by atoms with van der Waals surface area (Å²) in [4.78, 5) is -0.249. The largest absolute Gasteiger partial charge is 0.393 e. The molecule has 106 valence electrons. The molecule has 0 spiro atoms. The van der Waals surface area contributed by atoms with Crippen LogP contribution in [0.5, 0.6) is 0 Å². The fourth-order valence-electron chi connectivity index (χ4n) is 2.38. The van der Waals surface area contributed by atoms with Crippen LogP contribution in [0.15, 0.2) is 0 Å². The SMILES string of the molecule is CC1(C)C(C(F)(F)F)CCN1S(=O)(=O)CC(N)=S. The summed E-state index contributed by atoms with van der Waals surface area (Å²) in [5, 5.41) is 0. The molecule has 0 aromatic heterocycles. The molecular formula is C9H15F3N2O2S2. The minimum Gasteiger partial charge on any atom is -0.392 e. The fraction of sp³-hybridized carbons (Fsp3) is 0.889. The van der Waals surface area contributed by atoms with E-state index in [1.165, 1.54) is 13.8 Å². The molecule has 0 bridgehead atoms. The van der Waals surface area contributed by atoms with Crippen LogP contribution in [0.1, 0.15) is 20.3 Å². The first-order chi connectivity index (χ1) is 7.89. The summed E-state index contributed by atoms with van der Waals surface area (Å²) in [6, 6.07) is 0. The summed E-state index contributed by atoms with van der Waals surface area (Å²) in [5.74, 6) is -2.28. The van der Waals surface area contributed by atoms with Crippen molar-refractivity contribution in [3.63, 3.8) is 0 Å². The van der Waals surface area contributed by atoms with Crippen LogP contribution in [0.25, 0.3) is 0 Å². The first-order valence-corrected chi connectivity index (χ1v) is 7.26. The average molecular weight is 304 g/mol. The quantitative estimate of drug-likeness (QED) is 0.798. The number of rotatable bonds is 3. The van der Waals surface area contributed by atoms with Crippen molar-refractivity contribution in [2.75, 3.05) is 12.3 Å². The molecule has 2 N–H and O–H groups in total. The van der Waals surface area contributed by atoms with Gasteiger partial charge in [0.05, 0.1) is 10.9 Å². The van der Waals surface area contributed by atoms with E-state index >= 15 is 0 Å². The number of nitrogens with two attached hydrogens (primary N) is 1. The van der Waals surface area contributed by atoms with Crippen molar-refractivity contribution in [3.05, 3.63) is 0 Å². The lowest BCUT2D eigenvalue weighted by molar-refractivity contribution is -0.188. The summed E-state index contributed by atoms with van der Waals surface area (Å²) >= 11 is 4.51. The zero-order valence-electron chi connectivity index (χ0n) is 9.99. The summed E-state index contributed by atoms with van der Waals surface area (Å²) in [6.07, 6.45) is -4.66. The standard InChI is InChI=1S/C9H15F3N2O2S2/c1-8(2)6(9(10,11)12)3-4-14(8)18(15,16)5-7(13)17/h6H,3-5H2,1-2H3,(H2,13,17). The molecule has 1 unspecified atom stereocenters. The predicted molar refractivity (Wildman–Crippen MR) is 65.5 cm³/mol. The van der Waals surface area contributed by atoms with Crippen LogP contribution in [0.2, 0.25) is 0 Å². The molecule has 9 heteroatoms. The Morgan fingerprint density at radius 1 is 1.50 bits per heavy atom. The highest BCUT2D eigenvalue weighted by atomic mass is 32.2. The second-order valence-electron chi connectivity index (χ2n) is 4.83. The lowest BCUT2D eigenvalue weighted by Crippen LogP contribution is -2.51. The summed E-state index contributed by atoms with van der Waals surface area (Å²) in [7, 11) is -3.89. The van der Waals surface area contributed by atoms with Gasteiger partial charge in [-0.2, -0.15) is 17.5 Å². The minimum absolute atomic E-state index is 0.165. The molecule has 4 nitrogen and oxygen atoms in total. The van der Waals surface area contributed by atoms with Crippen LogP contribution in [-0.4, -0.2) is 41.7 Å². The monoisotopic (exact) mass is 304 g/mol. The highest BCUT2D eigenvalue weighted by Gasteiger charge is 2.57. The normalized spacial score (nSPS) is 25.3. The number of thiocarbonyl (C=S) groups is 1. The van der Waals surface area contributed by atoms with Crippen LogP contribution in [0, 0.1) is 5.92 Å². The Morgan fingerprint density at radius 3 is 2.33 bits per heavy atom. The molecule has 0 amide bonds. The Labute approximate surface area is 109 Å². The predicted octanol–water partition coefficient (Wildman–Crippen LogP) is 1.27. The number of halogens is 3. The third-order valence-corrected chi connectivity index (χ3v) is 5.50. The van der Waals surface area contributed by atoms with Gasteiger partial charge in [-0.25, -0.2) is 8.42 Å². The zero-order valence-corrected chi connectivity index (χ0v) is 11.6. The Balaban J connectivity index is 3.06. The molecule has 1 aliphatic rings. The first-order valence-electron chi connectivity index (χ1n) is 5.24. The highest BCUT2D eigenvalue weighted by Crippen LogP contribution is 2.45. The van der Waals surface area contributed by atoms with E-state index < -0.39 is 33.4 Å². The minimum atomic E-state index is -4.42. The van der Waals surface area contributed by atoms with Crippen LogP contribution in [0.4, 0.5) is 13.2 Å². The van der Waals surface area contributed by atoms with Gasteiger partial charge in [-0.1, -0.05) is 12.2 Å². The van der Waals surface area contributed by atoms with Crippen LogP contribution >= 0.6 is 12.2 Å².